The van der Waals surface area contributed by atoms with Crippen molar-refractivity contribution < 1.29 is 29.0 Å². The molecule has 2 aliphatic heterocycles. The molecule has 1 aromatic heterocycles. The summed E-state index contributed by atoms with van der Waals surface area (Å²) in [5.41, 5.74) is 1.02. The van der Waals surface area contributed by atoms with Gasteiger partial charge in [-0.2, -0.15) is 0 Å². The van der Waals surface area contributed by atoms with Crippen LogP contribution in [-0.2, 0) is 14.3 Å². The molecule has 34 heavy (non-hydrogen) atoms. The van der Waals surface area contributed by atoms with E-state index >= 15 is 0 Å². The highest BCUT2D eigenvalue weighted by atomic mass is 16.6. The van der Waals surface area contributed by atoms with Crippen molar-refractivity contribution in [3.8, 4) is 5.75 Å². The van der Waals surface area contributed by atoms with Gasteiger partial charge in [0.2, 0.25) is 0 Å². The van der Waals surface area contributed by atoms with Gasteiger partial charge in [-0.3, -0.25) is 14.6 Å². The lowest BCUT2D eigenvalue weighted by molar-refractivity contribution is -0.142. The van der Waals surface area contributed by atoms with Gasteiger partial charge in [-0.25, -0.2) is 4.79 Å². The van der Waals surface area contributed by atoms with E-state index in [9.17, 15) is 19.5 Å². The van der Waals surface area contributed by atoms with Crippen LogP contribution in [0.25, 0.3) is 5.76 Å². The second kappa shape index (κ2) is 9.94. The summed E-state index contributed by atoms with van der Waals surface area (Å²) in [5.74, 6) is -1.17. The van der Waals surface area contributed by atoms with E-state index in [1.807, 2.05) is 0 Å². The van der Waals surface area contributed by atoms with Crippen LogP contribution in [0, 0.1) is 0 Å². The number of methoxy groups -OCH3 is 1. The topological polar surface area (TPSA) is 109 Å². The van der Waals surface area contributed by atoms with Gasteiger partial charge in [0.15, 0.2) is 0 Å². The number of nitrogens with zero attached hydrogens (tertiary/aromatic N) is 3. The number of amides is 2. The van der Waals surface area contributed by atoms with Crippen molar-refractivity contribution in [3.05, 3.63) is 65.5 Å². The molecule has 9 nitrogen and oxygen atoms in total. The summed E-state index contributed by atoms with van der Waals surface area (Å²) in [6.45, 7) is 2.85. The SMILES string of the molecule is CCOC(=O)N1CCC(N2C(=O)C(=O)/C(=C(/O)c3cccc(OC)c3)C2c2cccnc2)CC1. The van der Waals surface area contributed by atoms with Gasteiger partial charge in [0, 0.05) is 37.1 Å². The summed E-state index contributed by atoms with van der Waals surface area (Å²) in [6, 6.07) is 9.12. The first-order valence-electron chi connectivity index (χ1n) is 11.2. The number of Topliss-reactive ketones (excluding diaryl/α,β-unsaturated/α-hetero) is 1. The standard InChI is InChI=1S/C25H27N3O6/c1-3-34-25(32)27-12-9-18(10-13-27)28-21(17-7-5-11-26-15-17)20(23(30)24(28)31)22(29)16-6-4-8-19(14-16)33-2/h4-8,11,14-15,18,21,29H,3,9-10,12-13H2,1-2H3/b22-20+. The van der Waals surface area contributed by atoms with E-state index in [4.69, 9.17) is 9.47 Å². The molecule has 3 heterocycles. The summed E-state index contributed by atoms with van der Waals surface area (Å²) < 4.78 is 10.3. The lowest BCUT2D eigenvalue weighted by Gasteiger charge is -2.38. The zero-order valence-corrected chi connectivity index (χ0v) is 19.1. The van der Waals surface area contributed by atoms with E-state index < -0.39 is 17.7 Å². The normalized spacial score (nSPS) is 20.5. The molecule has 1 N–H and O–H groups in total. The third-order valence-corrected chi connectivity index (χ3v) is 6.21. The average molecular weight is 466 g/mol. The zero-order chi connectivity index (χ0) is 24.2. The van der Waals surface area contributed by atoms with E-state index in [0.29, 0.717) is 49.4 Å². The van der Waals surface area contributed by atoms with Crippen molar-refractivity contribution >= 4 is 23.5 Å². The molecular formula is C25H27N3O6. The molecule has 0 aliphatic carbocycles. The Balaban J connectivity index is 1.72. The van der Waals surface area contributed by atoms with E-state index in [1.54, 1.807) is 60.6 Å². The predicted octanol–water partition coefficient (Wildman–Crippen LogP) is 3.13. The predicted molar refractivity (Wildman–Crippen MR) is 123 cm³/mol. The van der Waals surface area contributed by atoms with Crippen molar-refractivity contribution in [2.75, 3.05) is 26.8 Å². The summed E-state index contributed by atoms with van der Waals surface area (Å²) >= 11 is 0. The monoisotopic (exact) mass is 465 g/mol. The van der Waals surface area contributed by atoms with Gasteiger partial charge in [0.05, 0.1) is 25.3 Å². The number of aliphatic hydroxyl groups excluding tert-OH is 1. The Labute approximate surface area is 197 Å². The number of aliphatic hydroxyl groups is 1. The summed E-state index contributed by atoms with van der Waals surface area (Å²) in [4.78, 5) is 45.9. The second-order valence-electron chi connectivity index (χ2n) is 8.14. The summed E-state index contributed by atoms with van der Waals surface area (Å²) in [6.07, 6.45) is 3.79. The van der Waals surface area contributed by atoms with Gasteiger partial charge in [0.1, 0.15) is 11.5 Å². The molecule has 2 fully saturated rings. The van der Waals surface area contributed by atoms with Crippen molar-refractivity contribution in [1.29, 1.82) is 0 Å². The van der Waals surface area contributed by atoms with Gasteiger partial charge in [-0.1, -0.05) is 18.2 Å². The number of pyridine rings is 1. The number of ether oxygens (including phenoxy) is 2. The maximum absolute atomic E-state index is 13.3. The van der Waals surface area contributed by atoms with Gasteiger partial charge in [0.25, 0.3) is 11.7 Å². The smallest absolute Gasteiger partial charge is 0.409 e. The minimum Gasteiger partial charge on any atom is -0.507 e. The van der Waals surface area contributed by atoms with Crippen LogP contribution in [0.5, 0.6) is 5.75 Å². The molecular weight excluding hydrogens is 438 g/mol. The third kappa shape index (κ3) is 4.33. The number of carbonyl (C=O) groups is 3. The Morgan fingerprint density at radius 2 is 1.94 bits per heavy atom. The molecule has 2 amide bonds. The minimum atomic E-state index is -0.793. The van der Waals surface area contributed by atoms with Crippen LogP contribution < -0.4 is 4.74 Å². The van der Waals surface area contributed by atoms with E-state index in [1.165, 1.54) is 12.0 Å². The van der Waals surface area contributed by atoms with Crippen molar-refractivity contribution in [2.24, 2.45) is 0 Å². The molecule has 178 valence electrons. The highest BCUT2D eigenvalue weighted by Crippen LogP contribution is 2.42. The van der Waals surface area contributed by atoms with Crippen molar-refractivity contribution in [3.63, 3.8) is 0 Å². The number of likely N-dealkylation sites (tertiary alicyclic amines) is 2. The van der Waals surface area contributed by atoms with Crippen LogP contribution in [0.3, 0.4) is 0 Å². The Hall–Kier alpha value is -3.88. The Morgan fingerprint density at radius 3 is 2.59 bits per heavy atom. The fraction of sp³-hybridized carbons (Fsp3) is 0.360. The number of carbonyl (C=O) groups excluding carboxylic acids is 3. The van der Waals surface area contributed by atoms with Gasteiger partial charge < -0.3 is 24.4 Å². The van der Waals surface area contributed by atoms with Crippen molar-refractivity contribution in [1.82, 2.24) is 14.8 Å². The molecule has 1 aromatic carbocycles. The van der Waals surface area contributed by atoms with Crippen LogP contribution in [0.4, 0.5) is 4.79 Å². The number of aromatic nitrogens is 1. The largest absolute Gasteiger partial charge is 0.507 e. The maximum Gasteiger partial charge on any atom is 0.409 e. The van der Waals surface area contributed by atoms with Crippen molar-refractivity contribution in [2.45, 2.75) is 31.8 Å². The number of benzene rings is 1. The molecule has 0 radical (unpaired) electrons. The molecule has 1 atom stereocenters. The van der Waals surface area contributed by atoms with Gasteiger partial charge >= 0.3 is 6.09 Å². The fourth-order valence-corrected chi connectivity index (χ4v) is 4.56. The van der Waals surface area contributed by atoms with Crippen LogP contribution in [-0.4, -0.2) is 70.5 Å². The second-order valence-corrected chi connectivity index (χ2v) is 8.14. The minimum absolute atomic E-state index is 0.0130. The molecule has 9 heteroatoms. The number of rotatable bonds is 5. The number of ketones is 1. The molecule has 0 bridgehead atoms. The van der Waals surface area contributed by atoms with E-state index in [-0.39, 0.29) is 23.5 Å². The highest BCUT2D eigenvalue weighted by molar-refractivity contribution is 6.46. The first-order chi connectivity index (χ1) is 16.5. The van der Waals surface area contributed by atoms with Crippen LogP contribution in [0.1, 0.15) is 36.9 Å². The van der Waals surface area contributed by atoms with Crippen LogP contribution >= 0.6 is 0 Å². The van der Waals surface area contributed by atoms with Gasteiger partial charge in [-0.05, 0) is 43.5 Å². The molecule has 1 unspecified atom stereocenters. The van der Waals surface area contributed by atoms with Crippen LogP contribution in [0.2, 0.25) is 0 Å². The molecule has 0 spiro atoms. The Kier molecular flexibility index (Phi) is 6.81. The third-order valence-electron chi connectivity index (χ3n) is 6.21. The quantitative estimate of drug-likeness (QED) is 0.410. The van der Waals surface area contributed by atoms with Crippen LogP contribution in [0.15, 0.2) is 54.4 Å². The Morgan fingerprint density at radius 1 is 1.18 bits per heavy atom. The summed E-state index contributed by atoms with van der Waals surface area (Å²) in [7, 11) is 1.51. The average Bonchev–Trinajstić information content (AvgIpc) is 3.14. The molecule has 2 aliphatic rings. The maximum atomic E-state index is 13.3. The number of hydrogen-bond acceptors (Lipinski definition) is 7. The Bertz CT molecular complexity index is 1110. The highest BCUT2D eigenvalue weighted by Gasteiger charge is 2.49. The molecule has 4 rings (SSSR count). The number of hydrogen-bond donors (Lipinski definition) is 1. The molecule has 0 saturated carbocycles. The fourth-order valence-electron chi connectivity index (χ4n) is 4.56. The summed E-state index contributed by atoms with van der Waals surface area (Å²) in [5, 5.41) is 11.2. The van der Waals surface area contributed by atoms with E-state index in [0.717, 1.165) is 0 Å². The molecule has 2 aromatic rings. The van der Waals surface area contributed by atoms with Gasteiger partial charge in [-0.15, -0.1) is 0 Å². The lowest BCUT2D eigenvalue weighted by atomic mass is 9.94. The first kappa shape index (κ1) is 23.3. The number of piperidine rings is 1. The molecule has 2 saturated heterocycles. The lowest BCUT2D eigenvalue weighted by Crippen LogP contribution is -2.48. The van der Waals surface area contributed by atoms with E-state index in [2.05, 4.69) is 4.98 Å². The zero-order valence-electron chi connectivity index (χ0n) is 19.1. The first-order valence-corrected chi connectivity index (χ1v) is 11.2.